The lowest BCUT2D eigenvalue weighted by Gasteiger charge is -1.99. The predicted octanol–water partition coefficient (Wildman–Crippen LogP) is 1.44. The van der Waals surface area contributed by atoms with Crippen LogP contribution in [0.2, 0.25) is 0 Å². The molecule has 2 aromatic carbocycles. The summed E-state index contributed by atoms with van der Waals surface area (Å²) >= 11 is 0. The van der Waals surface area contributed by atoms with Gasteiger partial charge in [-0.15, -0.1) is 0 Å². The van der Waals surface area contributed by atoms with Crippen molar-refractivity contribution in [1.29, 1.82) is 0 Å². The molecule has 0 saturated carbocycles. The highest BCUT2D eigenvalue weighted by molar-refractivity contribution is 7.85. The Labute approximate surface area is 114 Å². The van der Waals surface area contributed by atoms with Crippen LogP contribution in [0.25, 0.3) is 0 Å². The summed E-state index contributed by atoms with van der Waals surface area (Å²) in [5, 5.41) is 35.0. The zero-order valence-electron chi connectivity index (χ0n) is 10.0. The van der Waals surface area contributed by atoms with Crippen LogP contribution in [0.1, 0.15) is 0 Å². The molecule has 5 N–H and O–H groups in total. The molecule has 0 aliphatic heterocycles. The Balaban J connectivity index is 0.000000217. The van der Waals surface area contributed by atoms with Crippen molar-refractivity contribution >= 4 is 10.1 Å². The molecule has 7 nitrogen and oxygen atoms in total. The second kappa shape index (κ2) is 6.13. The van der Waals surface area contributed by atoms with Gasteiger partial charge in [0.05, 0.1) is 4.90 Å². The fourth-order valence-corrected chi connectivity index (χ4v) is 1.63. The van der Waals surface area contributed by atoms with E-state index in [0.717, 1.165) is 18.2 Å². The quantitative estimate of drug-likeness (QED) is 0.397. The van der Waals surface area contributed by atoms with Crippen molar-refractivity contribution in [2.75, 3.05) is 0 Å². The van der Waals surface area contributed by atoms with Crippen molar-refractivity contribution in [3.63, 3.8) is 0 Å². The van der Waals surface area contributed by atoms with Crippen molar-refractivity contribution in [1.82, 2.24) is 0 Å². The van der Waals surface area contributed by atoms with E-state index in [0.29, 0.717) is 0 Å². The molecule has 0 radical (unpaired) electrons. The molecule has 0 aromatic heterocycles. The fraction of sp³-hybridized carbons (Fsp3) is 0. The Hall–Kier alpha value is -2.45. The summed E-state index contributed by atoms with van der Waals surface area (Å²) in [5.41, 5.74) is 0. The van der Waals surface area contributed by atoms with E-state index in [9.17, 15) is 8.42 Å². The number of hydrogen-bond acceptors (Lipinski definition) is 6. The van der Waals surface area contributed by atoms with Crippen LogP contribution >= 0.6 is 0 Å². The second-order valence-corrected chi connectivity index (χ2v) is 5.04. The molecular formula is C12H12O7S. The number of para-hydroxylation sites is 2. The Morgan fingerprint density at radius 3 is 1.50 bits per heavy atom. The summed E-state index contributed by atoms with van der Waals surface area (Å²) < 4.78 is 29.4. The van der Waals surface area contributed by atoms with Gasteiger partial charge in [0.1, 0.15) is 0 Å². The minimum Gasteiger partial charge on any atom is -0.504 e. The van der Waals surface area contributed by atoms with Gasteiger partial charge in [-0.05, 0) is 24.3 Å². The highest BCUT2D eigenvalue weighted by atomic mass is 32.2. The number of phenolic OH excluding ortho intramolecular Hbond substituents is 4. The molecule has 2 aromatic rings. The van der Waals surface area contributed by atoms with E-state index < -0.39 is 26.5 Å². The lowest BCUT2D eigenvalue weighted by atomic mass is 10.3. The average Bonchev–Trinajstić information content (AvgIpc) is 2.36. The molecule has 0 aliphatic carbocycles. The molecule has 0 amide bonds. The summed E-state index contributed by atoms with van der Waals surface area (Å²) in [4.78, 5) is -0.460. The number of aromatic hydroxyl groups is 4. The molecule has 0 fully saturated rings. The van der Waals surface area contributed by atoms with Gasteiger partial charge in [-0.3, -0.25) is 4.55 Å². The Morgan fingerprint density at radius 2 is 1.15 bits per heavy atom. The van der Waals surface area contributed by atoms with Gasteiger partial charge in [-0.2, -0.15) is 8.42 Å². The third-order valence-electron chi connectivity index (χ3n) is 2.13. The largest absolute Gasteiger partial charge is 0.504 e. The van der Waals surface area contributed by atoms with Crippen LogP contribution in [0.3, 0.4) is 0 Å². The highest BCUT2D eigenvalue weighted by Gasteiger charge is 2.11. The van der Waals surface area contributed by atoms with E-state index in [1.54, 1.807) is 12.1 Å². The van der Waals surface area contributed by atoms with Crippen molar-refractivity contribution < 1.29 is 33.4 Å². The topological polar surface area (TPSA) is 135 Å². The van der Waals surface area contributed by atoms with Gasteiger partial charge in [-0.1, -0.05) is 12.1 Å². The molecule has 0 heterocycles. The molecule has 0 saturated heterocycles. The van der Waals surface area contributed by atoms with Gasteiger partial charge < -0.3 is 20.4 Å². The number of phenols is 4. The first kappa shape index (κ1) is 15.6. The highest BCUT2D eigenvalue weighted by Crippen LogP contribution is 2.26. The van der Waals surface area contributed by atoms with E-state index in [2.05, 4.69) is 0 Å². The summed E-state index contributed by atoms with van der Waals surface area (Å²) in [7, 11) is -4.31. The lowest BCUT2D eigenvalue weighted by Crippen LogP contribution is -1.96. The smallest absolute Gasteiger partial charge is 0.294 e. The first-order valence-corrected chi connectivity index (χ1v) is 6.62. The van der Waals surface area contributed by atoms with Crippen LogP contribution < -0.4 is 0 Å². The molecule has 108 valence electrons. The number of benzene rings is 2. The van der Waals surface area contributed by atoms with Gasteiger partial charge in [0.25, 0.3) is 10.1 Å². The van der Waals surface area contributed by atoms with E-state index in [-0.39, 0.29) is 11.5 Å². The molecule has 20 heavy (non-hydrogen) atoms. The van der Waals surface area contributed by atoms with Crippen LogP contribution in [0.4, 0.5) is 0 Å². The van der Waals surface area contributed by atoms with E-state index in [4.69, 9.17) is 25.0 Å². The van der Waals surface area contributed by atoms with Crippen LogP contribution in [-0.2, 0) is 10.1 Å². The molecule has 0 spiro atoms. The third kappa shape index (κ3) is 4.34. The fourth-order valence-electron chi connectivity index (χ4n) is 1.13. The standard InChI is InChI=1S/C6H6O5S.C6H6O2/c7-5-2-1-4(3-6(5)8)12(9,10)11;7-5-3-1-2-4-6(5)8/h1-3,7-8H,(H,9,10,11);1-4,7-8H. The molecular weight excluding hydrogens is 288 g/mol. The zero-order valence-corrected chi connectivity index (χ0v) is 10.8. The van der Waals surface area contributed by atoms with Gasteiger partial charge in [0.15, 0.2) is 23.0 Å². The number of rotatable bonds is 1. The maximum absolute atomic E-state index is 10.5. The summed E-state index contributed by atoms with van der Waals surface area (Å²) in [6.07, 6.45) is 0. The average molecular weight is 300 g/mol. The zero-order chi connectivity index (χ0) is 15.3. The van der Waals surface area contributed by atoms with E-state index in [1.807, 2.05) is 0 Å². The van der Waals surface area contributed by atoms with Crippen LogP contribution in [-0.4, -0.2) is 33.4 Å². The van der Waals surface area contributed by atoms with Crippen molar-refractivity contribution in [3.8, 4) is 23.0 Å². The van der Waals surface area contributed by atoms with E-state index in [1.165, 1.54) is 12.1 Å². The molecule has 0 atom stereocenters. The summed E-state index contributed by atoms with van der Waals surface area (Å²) in [5.74, 6) is -1.19. The molecule has 0 aliphatic rings. The van der Waals surface area contributed by atoms with Gasteiger partial charge in [0.2, 0.25) is 0 Å². The van der Waals surface area contributed by atoms with Crippen LogP contribution in [0.15, 0.2) is 47.4 Å². The van der Waals surface area contributed by atoms with Gasteiger partial charge in [-0.25, -0.2) is 0 Å². The van der Waals surface area contributed by atoms with Crippen molar-refractivity contribution in [3.05, 3.63) is 42.5 Å². The van der Waals surface area contributed by atoms with E-state index >= 15 is 0 Å². The third-order valence-corrected chi connectivity index (χ3v) is 2.98. The maximum Gasteiger partial charge on any atom is 0.294 e. The van der Waals surface area contributed by atoms with Gasteiger partial charge in [0, 0.05) is 6.07 Å². The Kier molecular flexibility index (Phi) is 4.78. The SMILES string of the molecule is O=S(=O)(O)c1ccc(O)c(O)c1.Oc1ccccc1O. The monoisotopic (exact) mass is 300 g/mol. The van der Waals surface area contributed by atoms with Crippen molar-refractivity contribution in [2.24, 2.45) is 0 Å². The summed E-state index contributed by atoms with van der Waals surface area (Å²) in [6.45, 7) is 0. The first-order chi connectivity index (χ1) is 9.21. The second-order valence-electron chi connectivity index (χ2n) is 3.61. The van der Waals surface area contributed by atoms with Crippen LogP contribution in [0, 0.1) is 0 Å². The molecule has 8 heteroatoms. The molecule has 0 bridgehead atoms. The first-order valence-electron chi connectivity index (χ1n) is 5.18. The minimum atomic E-state index is -4.31. The van der Waals surface area contributed by atoms with Crippen LogP contribution in [0.5, 0.6) is 23.0 Å². The maximum atomic E-state index is 10.5. The molecule has 2 rings (SSSR count). The van der Waals surface area contributed by atoms with Gasteiger partial charge >= 0.3 is 0 Å². The molecule has 0 unspecified atom stereocenters. The van der Waals surface area contributed by atoms with Crippen molar-refractivity contribution in [2.45, 2.75) is 4.90 Å². The minimum absolute atomic E-state index is 0.0764. The Bertz CT molecular complexity index is 674. The number of hydrogen-bond donors (Lipinski definition) is 5. The Morgan fingerprint density at radius 1 is 0.700 bits per heavy atom. The lowest BCUT2D eigenvalue weighted by molar-refractivity contribution is 0.401. The predicted molar refractivity (Wildman–Crippen MR) is 69.4 cm³/mol. The summed E-state index contributed by atoms with van der Waals surface area (Å²) in [6, 6.07) is 8.85. The normalized spacial score (nSPS) is 10.4.